The van der Waals surface area contributed by atoms with E-state index in [0.717, 1.165) is 50.6 Å². The molecule has 3 aromatic rings. The van der Waals surface area contributed by atoms with Crippen molar-refractivity contribution in [1.82, 2.24) is 4.90 Å². The highest BCUT2D eigenvalue weighted by atomic mass is 16.3. The van der Waals surface area contributed by atoms with Crippen LogP contribution in [0.3, 0.4) is 0 Å². The molecule has 2 aromatic carbocycles. The Hall–Kier alpha value is -2.53. The summed E-state index contributed by atoms with van der Waals surface area (Å²) in [7, 11) is 2.16. The standard InChI is InChI=1S/C23H27N3O2/c1-24-11-13-26(14-12-24)18-6-8-20-22(16-18)28-21-15-17(5-7-19(21)23(20)27)25-9-3-2-4-10-25/h5-8,15-16H,2-4,9-14H2,1H3. The summed E-state index contributed by atoms with van der Waals surface area (Å²) in [6.07, 6.45) is 3.76. The minimum atomic E-state index is 0.0615. The van der Waals surface area contributed by atoms with Gasteiger partial charge in [0.25, 0.3) is 0 Å². The third-order valence-electron chi connectivity index (χ3n) is 6.23. The lowest BCUT2D eigenvalue weighted by molar-refractivity contribution is 0.313. The SMILES string of the molecule is CN1CCN(c2ccc3c(=O)c4ccc(N5CCCCC5)cc4oc3c2)CC1. The van der Waals surface area contributed by atoms with Gasteiger partial charge in [-0.1, -0.05) is 0 Å². The van der Waals surface area contributed by atoms with Crippen molar-refractivity contribution in [3.05, 3.63) is 46.6 Å². The Balaban J connectivity index is 1.56. The van der Waals surface area contributed by atoms with E-state index in [-0.39, 0.29) is 5.43 Å². The van der Waals surface area contributed by atoms with Gasteiger partial charge >= 0.3 is 0 Å². The van der Waals surface area contributed by atoms with Gasteiger partial charge in [0.2, 0.25) is 5.43 Å². The van der Waals surface area contributed by atoms with E-state index < -0.39 is 0 Å². The van der Waals surface area contributed by atoms with Crippen LogP contribution in [-0.2, 0) is 0 Å². The molecule has 0 unspecified atom stereocenters. The highest BCUT2D eigenvalue weighted by molar-refractivity contribution is 5.92. The Labute approximate surface area is 165 Å². The molecule has 2 aliphatic rings. The molecule has 0 amide bonds. The molecule has 0 aliphatic carbocycles. The summed E-state index contributed by atoms with van der Waals surface area (Å²) in [5, 5.41) is 1.33. The van der Waals surface area contributed by atoms with Crippen LogP contribution in [0.15, 0.2) is 45.6 Å². The van der Waals surface area contributed by atoms with E-state index in [1.807, 2.05) is 24.3 Å². The van der Waals surface area contributed by atoms with Crippen LogP contribution in [0.2, 0.25) is 0 Å². The molecule has 0 saturated carbocycles. The third-order valence-corrected chi connectivity index (χ3v) is 6.23. The predicted octanol–water partition coefficient (Wildman–Crippen LogP) is 3.69. The van der Waals surface area contributed by atoms with Gasteiger partial charge in [-0.15, -0.1) is 0 Å². The van der Waals surface area contributed by atoms with Crippen LogP contribution >= 0.6 is 0 Å². The number of benzene rings is 2. The Kier molecular flexibility index (Phi) is 4.47. The fraction of sp³-hybridized carbons (Fsp3) is 0.435. The summed E-state index contributed by atoms with van der Waals surface area (Å²) < 4.78 is 6.25. The molecule has 2 aliphatic heterocycles. The maximum Gasteiger partial charge on any atom is 0.200 e. The number of piperidine rings is 1. The quantitative estimate of drug-likeness (QED) is 0.637. The van der Waals surface area contributed by atoms with Crippen molar-refractivity contribution in [2.75, 3.05) is 56.1 Å². The number of piperazine rings is 1. The summed E-state index contributed by atoms with van der Waals surface area (Å²) >= 11 is 0. The number of anilines is 2. The van der Waals surface area contributed by atoms with E-state index in [1.54, 1.807) is 0 Å². The van der Waals surface area contributed by atoms with Gasteiger partial charge in [-0.25, -0.2) is 0 Å². The predicted molar refractivity (Wildman–Crippen MR) is 116 cm³/mol. The Morgan fingerprint density at radius 1 is 0.714 bits per heavy atom. The average Bonchev–Trinajstić information content (AvgIpc) is 2.74. The highest BCUT2D eigenvalue weighted by Gasteiger charge is 2.17. The van der Waals surface area contributed by atoms with Gasteiger partial charge < -0.3 is 19.1 Å². The van der Waals surface area contributed by atoms with E-state index >= 15 is 0 Å². The van der Waals surface area contributed by atoms with Crippen LogP contribution in [0.4, 0.5) is 11.4 Å². The fourth-order valence-corrected chi connectivity index (χ4v) is 4.44. The summed E-state index contributed by atoms with van der Waals surface area (Å²) in [6.45, 7) is 6.27. The average molecular weight is 377 g/mol. The van der Waals surface area contributed by atoms with Crippen molar-refractivity contribution in [2.24, 2.45) is 0 Å². The molecule has 146 valence electrons. The molecule has 5 rings (SSSR count). The first-order valence-corrected chi connectivity index (χ1v) is 10.4. The van der Waals surface area contributed by atoms with E-state index in [1.165, 1.54) is 19.3 Å². The van der Waals surface area contributed by atoms with Crippen molar-refractivity contribution in [3.63, 3.8) is 0 Å². The molecule has 28 heavy (non-hydrogen) atoms. The molecule has 5 heteroatoms. The molecule has 0 N–H and O–H groups in total. The van der Waals surface area contributed by atoms with Gasteiger partial charge in [0.1, 0.15) is 11.2 Å². The first-order valence-electron chi connectivity index (χ1n) is 10.4. The summed E-state index contributed by atoms with van der Waals surface area (Å²) in [5.74, 6) is 0. The maximum atomic E-state index is 13.0. The molecular weight excluding hydrogens is 350 g/mol. The van der Waals surface area contributed by atoms with Gasteiger partial charge in [-0.2, -0.15) is 0 Å². The summed E-state index contributed by atoms with van der Waals surface area (Å²) in [5.41, 5.74) is 3.73. The molecule has 2 saturated heterocycles. The second kappa shape index (κ2) is 7.13. The van der Waals surface area contributed by atoms with Gasteiger partial charge in [-0.05, 0) is 50.6 Å². The first kappa shape index (κ1) is 17.6. The number of fused-ring (bicyclic) bond motifs is 2. The van der Waals surface area contributed by atoms with Gasteiger partial charge in [0.15, 0.2) is 0 Å². The van der Waals surface area contributed by atoms with E-state index in [2.05, 4.69) is 33.9 Å². The molecular formula is C23H27N3O2. The van der Waals surface area contributed by atoms with Crippen LogP contribution in [-0.4, -0.2) is 51.2 Å². The van der Waals surface area contributed by atoms with Gasteiger partial charge in [0, 0.05) is 62.8 Å². The Morgan fingerprint density at radius 3 is 1.82 bits per heavy atom. The molecule has 0 radical (unpaired) electrons. The van der Waals surface area contributed by atoms with E-state index in [0.29, 0.717) is 21.9 Å². The minimum Gasteiger partial charge on any atom is -0.456 e. The van der Waals surface area contributed by atoms with Crippen LogP contribution < -0.4 is 15.2 Å². The van der Waals surface area contributed by atoms with Crippen LogP contribution in [0, 0.1) is 0 Å². The van der Waals surface area contributed by atoms with Crippen molar-refractivity contribution in [2.45, 2.75) is 19.3 Å². The number of likely N-dealkylation sites (N-methyl/N-ethyl adjacent to an activating group) is 1. The largest absolute Gasteiger partial charge is 0.456 e. The molecule has 1 aromatic heterocycles. The second-order valence-corrected chi connectivity index (χ2v) is 8.13. The zero-order chi connectivity index (χ0) is 19.1. The normalized spacial score (nSPS) is 18.9. The fourth-order valence-electron chi connectivity index (χ4n) is 4.44. The molecule has 0 bridgehead atoms. The zero-order valence-electron chi connectivity index (χ0n) is 16.5. The van der Waals surface area contributed by atoms with Crippen molar-refractivity contribution >= 4 is 33.3 Å². The number of hydrogen-bond donors (Lipinski definition) is 0. The van der Waals surface area contributed by atoms with Crippen molar-refractivity contribution in [3.8, 4) is 0 Å². The van der Waals surface area contributed by atoms with Gasteiger partial charge in [0.05, 0.1) is 10.8 Å². The molecule has 0 atom stereocenters. The Bertz CT molecular complexity index is 1060. The lowest BCUT2D eigenvalue weighted by Gasteiger charge is -2.34. The number of rotatable bonds is 2. The number of nitrogens with zero attached hydrogens (tertiary/aromatic N) is 3. The number of hydrogen-bond acceptors (Lipinski definition) is 5. The van der Waals surface area contributed by atoms with Crippen molar-refractivity contribution in [1.29, 1.82) is 0 Å². The van der Waals surface area contributed by atoms with Crippen LogP contribution in [0.25, 0.3) is 21.9 Å². The lowest BCUT2D eigenvalue weighted by atomic mass is 10.1. The molecule has 5 nitrogen and oxygen atoms in total. The maximum absolute atomic E-state index is 13.0. The zero-order valence-corrected chi connectivity index (χ0v) is 16.5. The monoisotopic (exact) mass is 377 g/mol. The Morgan fingerprint density at radius 2 is 1.25 bits per heavy atom. The first-order chi connectivity index (χ1) is 13.7. The lowest BCUT2D eigenvalue weighted by Crippen LogP contribution is -2.44. The summed E-state index contributed by atoms with van der Waals surface area (Å²) in [6, 6.07) is 12.1. The molecule has 0 spiro atoms. The summed E-state index contributed by atoms with van der Waals surface area (Å²) in [4.78, 5) is 20.1. The third kappa shape index (κ3) is 3.14. The topological polar surface area (TPSA) is 39.9 Å². The van der Waals surface area contributed by atoms with Crippen LogP contribution in [0.5, 0.6) is 0 Å². The van der Waals surface area contributed by atoms with Crippen molar-refractivity contribution < 1.29 is 4.42 Å². The molecule has 2 fully saturated rings. The van der Waals surface area contributed by atoms with E-state index in [9.17, 15) is 4.79 Å². The molecule has 3 heterocycles. The van der Waals surface area contributed by atoms with Crippen LogP contribution in [0.1, 0.15) is 19.3 Å². The minimum absolute atomic E-state index is 0.0615. The van der Waals surface area contributed by atoms with Gasteiger partial charge in [-0.3, -0.25) is 4.79 Å². The second-order valence-electron chi connectivity index (χ2n) is 8.13. The van der Waals surface area contributed by atoms with E-state index in [4.69, 9.17) is 4.42 Å². The smallest absolute Gasteiger partial charge is 0.200 e. The highest BCUT2D eigenvalue weighted by Crippen LogP contribution is 2.28.